The molecular weight excluding hydrogens is 212 g/mol. The summed E-state index contributed by atoms with van der Waals surface area (Å²) in [5, 5.41) is 2.18. The van der Waals surface area contributed by atoms with Crippen LogP contribution < -0.4 is 0 Å². The van der Waals surface area contributed by atoms with E-state index in [1.54, 1.807) is 6.08 Å². The molecular formula is C15H10O2. The molecule has 1 atom stereocenters. The average Bonchev–Trinajstić information content (AvgIpc) is 2.36. The Balaban J connectivity index is 2.32. The summed E-state index contributed by atoms with van der Waals surface area (Å²) in [5.74, 6) is -0.776. The van der Waals surface area contributed by atoms with Crippen molar-refractivity contribution in [1.29, 1.82) is 0 Å². The Morgan fingerprint density at radius 3 is 2.41 bits per heavy atom. The lowest BCUT2D eigenvalue weighted by molar-refractivity contribution is -0.120. The van der Waals surface area contributed by atoms with E-state index in [9.17, 15) is 9.59 Å². The van der Waals surface area contributed by atoms with Crippen LogP contribution in [-0.2, 0) is 9.59 Å². The first kappa shape index (κ1) is 9.97. The molecule has 0 spiro atoms. The number of aldehydes is 1. The van der Waals surface area contributed by atoms with Crippen molar-refractivity contribution in [2.24, 2.45) is 0 Å². The molecule has 17 heavy (non-hydrogen) atoms. The van der Waals surface area contributed by atoms with Crippen molar-refractivity contribution in [1.82, 2.24) is 0 Å². The Kier molecular flexibility index (Phi) is 2.15. The van der Waals surface area contributed by atoms with Crippen LogP contribution in [0.2, 0.25) is 0 Å². The highest BCUT2D eigenvalue weighted by Crippen LogP contribution is 2.30. The van der Waals surface area contributed by atoms with Gasteiger partial charge in [0.25, 0.3) is 0 Å². The highest BCUT2D eigenvalue weighted by Gasteiger charge is 2.23. The van der Waals surface area contributed by atoms with Gasteiger partial charge in [0.2, 0.25) is 0 Å². The highest BCUT2D eigenvalue weighted by molar-refractivity contribution is 6.11. The first-order chi connectivity index (χ1) is 8.29. The summed E-state index contributed by atoms with van der Waals surface area (Å²) < 4.78 is 0. The van der Waals surface area contributed by atoms with E-state index in [1.807, 2.05) is 36.4 Å². The van der Waals surface area contributed by atoms with Crippen molar-refractivity contribution in [2.45, 2.75) is 5.92 Å². The van der Waals surface area contributed by atoms with Gasteiger partial charge in [-0.25, -0.2) is 0 Å². The van der Waals surface area contributed by atoms with Crippen LogP contribution in [-0.4, -0.2) is 12.1 Å². The zero-order valence-electron chi connectivity index (χ0n) is 9.09. The molecule has 0 aromatic heterocycles. The van der Waals surface area contributed by atoms with Gasteiger partial charge in [-0.3, -0.25) is 4.79 Å². The predicted octanol–water partition coefficient (Wildman–Crippen LogP) is 2.72. The number of benzene rings is 2. The van der Waals surface area contributed by atoms with Crippen molar-refractivity contribution in [3.8, 4) is 0 Å². The lowest BCUT2D eigenvalue weighted by atomic mass is 9.85. The molecule has 1 unspecified atom stereocenters. The maximum absolute atomic E-state index is 11.6. The van der Waals surface area contributed by atoms with E-state index >= 15 is 0 Å². The normalized spacial score (nSPS) is 18.1. The first-order valence-electron chi connectivity index (χ1n) is 5.49. The number of carbonyl (C=O) groups excluding carboxylic acids is 2. The number of hydrogen-bond donors (Lipinski definition) is 0. The van der Waals surface area contributed by atoms with Crippen LogP contribution in [0.25, 0.3) is 16.8 Å². The summed E-state index contributed by atoms with van der Waals surface area (Å²) in [6.45, 7) is 0. The minimum absolute atomic E-state index is 0.136. The minimum atomic E-state index is -0.639. The summed E-state index contributed by atoms with van der Waals surface area (Å²) >= 11 is 0. The van der Waals surface area contributed by atoms with Gasteiger partial charge in [0.05, 0.1) is 0 Å². The smallest absolute Gasteiger partial charge is 0.170 e. The second-order valence-corrected chi connectivity index (χ2v) is 4.18. The third-order valence-corrected chi connectivity index (χ3v) is 3.16. The average molecular weight is 222 g/mol. The Labute approximate surface area is 98.6 Å². The Morgan fingerprint density at radius 1 is 1.00 bits per heavy atom. The monoisotopic (exact) mass is 222 g/mol. The summed E-state index contributed by atoms with van der Waals surface area (Å²) in [7, 11) is 0. The van der Waals surface area contributed by atoms with Crippen molar-refractivity contribution in [2.75, 3.05) is 0 Å². The van der Waals surface area contributed by atoms with Crippen LogP contribution in [0, 0.1) is 0 Å². The Bertz CT molecular complexity index is 653. The SMILES string of the molecule is O=CC1C(=O)C=Cc2cc3ccccc3cc21. The standard InChI is InChI=1S/C15H10O2/c16-9-14-13-8-11-4-2-1-3-10(11)7-12(13)5-6-15(14)17/h1-9,14H. The van der Waals surface area contributed by atoms with Crippen LogP contribution in [0.1, 0.15) is 17.0 Å². The number of rotatable bonds is 1. The van der Waals surface area contributed by atoms with E-state index in [0.717, 1.165) is 28.2 Å². The molecule has 0 fully saturated rings. The maximum Gasteiger partial charge on any atom is 0.170 e. The van der Waals surface area contributed by atoms with Crippen LogP contribution in [0.5, 0.6) is 0 Å². The van der Waals surface area contributed by atoms with Crippen molar-refractivity contribution < 1.29 is 9.59 Å². The molecule has 3 rings (SSSR count). The molecule has 1 aliphatic carbocycles. The summed E-state index contributed by atoms with van der Waals surface area (Å²) in [4.78, 5) is 22.6. The van der Waals surface area contributed by atoms with Gasteiger partial charge >= 0.3 is 0 Å². The minimum Gasteiger partial charge on any atom is -0.302 e. The molecule has 0 aliphatic heterocycles. The second kappa shape index (κ2) is 3.67. The second-order valence-electron chi connectivity index (χ2n) is 4.18. The van der Waals surface area contributed by atoms with Gasteiger partial charge in [-0.2, -0.15) is 0 Å². The molecule has 2 nitrogen and oxygen atoms in total. The molecule has 0 radical (unpaired) electrons. The molecule has 0 bridgehead atoms. The van der Waals surface area contributed by atoms with E-state index in [-0.39, 0.29) is 5.78 Å². The fourth-order valence-electron chi connectivity index (χ4n) is 2.26. The van der Waals surface area contributed by atoms with Gasteiger partial charge in [-0.1, -0.05) is 30.3 Å². The van der Waals surface area contributed by atoms with Gasteiger partial charge in [-0.15, -0.1) is 0 Å². The number of ketones is 1. The number of fused-ring (bicyclic) bond motifs is 2. The van der Waals surface area contributed by atoms with E-state index < -0.39 is 5.92 Å². The quantitative estimate of drug-likeness (QED) is 0.549. The van der Waals surface area contributed by atoms with Gasteiger partial charge in [-0.05, 0) is 40.1 Å². The van der Waals surface area contributed by atoms with Crippen LogP contribution >= 0.6 is 0 Å². The zero-order chi connectivity index (χ0) is 11.8. The maximum atomic E-state index is 11.6. The predicted molar refractivity (Wildman–Crippen MR) is 66.8 cm³/mol. The lowest BCUT2D eigenvalue weighted by Gasteiger charge is -2.16. The highest BCUT2D eigenvalue weighted by atomic mass is 16.1. The van der Waals surface area contributed by atoms with Gasteiger partial charge in [0, 0.05) is 0 Å². The summed E-state index contributed by atoms with van der Waals surface area (Å²) in [6.07, 6.45) is 3.99. The van der Waals surface area contributed by atoms with Crippen LogP contribution in [0.3, 0.4) is 0 Å². The van der Waals surface area contributed by atoms with Crippen molar-refractivity contribution >= 4 is 28.9 Å². The summed E-state index contributed by atoms with van der Waals surface area (Å²) in [5.41, 5.74) is 1.77. The summed E-state index contributed by atoms with van der Waals surface area (Å²) in [6, 6.07) is 11.9. The zero-order valence-corrected chi connectivity index (χ0v) is 9.09. The van der Waals surface area contributed by atoms with Gasteiger partial charge in [0.15, 0.2) is 5.78 Å². The molecule has 0 saturated heterocycles. The van der Waals surface area contributed by atoms with Crippen molar-refractivity contribution in [3.05, 3.63) is 53.6 Å². The van der Waals surface area contributed by atoms with Crippen LogP contribution in [0.4, 0.5) is 0 Å². The molecule has 0 heterocycles. The molecule has 1 aliphatic rings. The first-order valence-corrected chi connectivity index (χ1v) is 5.49. The molecule has 82 valence electrons. The molecule has 0 N–H and O–H groups in total. The van der Waals surface area contributed by atoms with Crippen molar-refractivity contribution in [3.63, 3.8) is 0 Å². The fraction of sp³-hybridized carbons (Fsp3) is 0.0667. The van der Waals surface area contributed by atoms with Gasteiger partial charge in [0.1, 0.15) is 12.2 Å². The largest absolute Gasteiger partial charge is 0.302 e. The topological polar surface area (TPSA) is 34.1 Å². The van der Waals surface area contributed by atoms with Crippen LogP contribution in [0.15, 0.2) is 42.5 Å². The Hall–Kier alpha value is -2.22. The third-order valence-electron chi connectivity index (χ3n) is 3.16. The molecule has 2 aromatic carbocycles. The molecule has 2 aromatic rings. The fourth-order valence-corrected chi connectivity index (χ4v) is 2.26. The van der Waals surface area contributed by atoms with E-state index in [4.69, 9.17) is 0 Å². The van der Waals surface area contributed by atoms with E-state index in [2.05, 4.69) is 0 Å². The van der Waals surface area contributed by atoms with Gasteiger partial charge < -0.3 is 4.79 Å². The van der Waals surface area contributed by atoms with E-state index in [0.29, 0.717) is 0 Å². The molecule has 0 saturated carbocycles. The Morgan fingerprint density at radius 2 is 1.71 bits per heavy atom. The molecule has 2 heteroatoms. The number of hydrogen-bond acceptors (Lipinski definition) is 2. The van der Waals surface area contributed by atoms with E-state index in [1.165, 1.54) is 6.08 Å². The molecule has 0 amide bonds. The lowest BCUT2D eigenvalue weighted by Crippen LogP contribution is -2.15. The number of carbonyl (C=O) groups is 2. The number of allylic oxidation sites excluding steroid dienone is 1. The third kappa shape index (κ3) is 1.49.